The molecule has 1 fully saturated rings. The maximum Gasteiger partial charge on any atom is 0.408 e. The lowest BCUT2D eigenvalue weighted by atomic mass is 10.1. The van der Waals surface area contributed by atoms with Gasteiger partial charge in [-0.1, -0.05) is 0 Å². The number of anilines is 1. The van der Waals surface area contributed by atoms with Crippen LogP contribution in [0.25, 0.3) is 0 Å². The molecule has 2 amide bonds. The highest BCUT2D eigenvalue weighted by Crippen LogP contribution is 2.36. The number of urea groups is 1. The molecule has 1 aliphatic heterocycles. The van der Waals surface area contributed by atoms with Crippen molar-refractivity contribution >= 4 is 23.5 Å². The minimum atomic E-state index is -4.33. The number of aromatic nitrogens is 2. The molecule has 0 aromatic carbocycles. The van der Waals surface area contributed by atoms with Gasteiger partial charge in [0.2, 0.25) is 0 Å². The van der Waals surface area contributed by atoms with E-state index in [0.29, 0.717) is 6.54 Å². The summed E-state index contributed by atoms with van der Waals surface area (Å²) in [4.78, 5) is 11.7. The van der Waals surface area contributed by atoms with E-state index < -0.39 is 18.8 Å². The second-order valence-electron chi connectivity index (χ2n) is 5.25. The Balaban J connectivity index is 1.80. The minimum absolute atomic E-state index is 0.0395. The summed E-state index contributed by atoms with van der Waals surface area (Å²) in [6, 6.07) is -0.435. The zero-order valence-electron chi connectivity index (χ0n) is 11.5. The van der Waals surface area contributed by atoms with Gasteiger partial charge in [-0.25, -0.2) is 4.79 Å². The zero-order valence-corrected chi connectivity index (χ0v) is 12.4. The molecule has 1 aromatic heterocycles. The van der Waals surface area contributed by atoms with Crippen LogP contribution in [-0.2, 0) is 6.54 Å². The molecule has 1 atom stereocenters. The van der Waals surface area contributed by atoms with Crippen molar-refractivity contribution in [1.82, 2.24) is 15.1 Å². The van der Waals surface area contributed by atoms with Crippen molar-refractivity contribution in [2.75, 3.05) is 17.6 Å². The summed E-state index contributed by atoms with van der Waals surface area (Å²) in [5, 5.41) is 8.78. The van der Waals surface area contributed by atoms with Gasteiger partial charge in [-0.3, -0.25) is 4.68 Å². The summed E-state index contributed by atoms with van der Waals surface area (Å²) in [5.74, 6) is 1.09. The standard InChI is InChI=1S/C12H17F3N4OS/c1-11(3-2-4-21-11)7-16-10(20)18-9-5-17-19(6-9)8-12(13,14)15/h5-6H,2-4,7-8H2,1H3,(H2,16,18,20)/t11-/m0/s1. The average molecular weight is 322 g/mol. The van der Waals surface area contributed by atoms with Gasteiger partial charge in [0.1, 0.15) is 6.54 Å². The third kappa shape index (κ3) is 5.14. The van der Waals surface area contributed by atoms with Gasteiger partial charge in [-0.15, -0.1) is 0 Å². The van der Waals surface area contributed by atoms with Gasteiger partial charge in [0.25, 0.3) is 0 Å². The van der Waals surface area contributed by atoms with E-state index in [4.69, 9.17) is 0 Å². The molecule has 2 heterocycles. The Bertz CT molecular complexity index is 497. The Morgan fingerprint density at radius 3 is 2.95 bits per heavy atom. The zero-order chi connectivity index (χ0) is 15.5. The molecule has 0 bridgehead atoms. The van der Waals surface area contributed by atoms with Crippen LogP contribution < -0.4 is 10.6 Å². The Hall–Kier alpha value is -1.38. The maximum atomic E-state index is 12.2. The van der Waals surface area contributed by atoms with E-state index in [1.54, 1.807) is 0 Å². The van der Waals surface area contributed by atoms with Crippen molar-refractivity contribution in [3.63, 3.8) is 0 Å². The number of rotatable bonds is 4. The van der Waals surface area contributed by atoms with Crippen LogP contribution >= 0.6 is 11.8 Å². The Kier molecular flexibility index (Phi) is 4.70. The molecule has 0 spiro atoms. The van der Waals surface area contributed by atoms with Crippen molar-refractivity contribution in [3.05, 3.63) is 12.4 Å². The molecule has 0 unspecified atom stereocenters. The van der Waals surface area contributed by atoms with E-state index in [1.165, 1.54) is 6.20 Å². The van der Waals surface area contributed by atoms with Gasteiger partial charge in [0.15, 0.2) is 0 Å². The molecule has 1 aliphatic rings. The van der Waals surface area contributed by atoms with Crippen LogP contribution in [0, 0.1) is 0 Å². The fourth-order valence-electron chi connectivity index (χ4n) is 2.12. The first-order valence-electron chi connectivity index (χ1n) is 6.54. The summed E-state index contributed by atoms with van der Waals surface area (Å²) < 4.78 is 37.3. The summed E-state index contributed by atoms with van der Waals surface area (Å²) in [6.45, 7) is 1.44. The molecule has 0 saturated carbocycles. The number of nitrogens with zero attached hydrogens (tertiary/aromatic N) is 2. The predicted octanol–water partition coefficient (Wildman–Crippen LogP) is 2.85. The summed E-state index contributed by atoms with van der Waals surface area (Å²) in [7, 11) is 0. The summed E-state index contributed by atoms with van der Waals surface area (Å²) in [6.07, 6.45) is 0.187. The number of hydrogen-bond acceptors (Lipinski definition) is 3. The van der Waals surface area contributed by atoms with Crippen LogP contribution in [0.1, 0.15) is 19.8 Å². The first-order valence-corrected chi connectivity index (χ1v) is 7.52. The highest BCUT2D eigenvalue weighted by molar-refractivity contribution is 8.00. The number of alkyl halides is 3. The topological polar surface area (TPSA) is 59.0 Å². The number of halogens is 3. The van der Waals surface area contributed by atoms with Gasteiger partial charge in [-0.2, -0.15) is 30.0 Å². The number of thioether (sulfide) groups is 1. The number of amides is 2. The highest BCUT2D eigenvalue weighted by atomic mass is 32.2. The molecule has 2 rings (SSSR count). The van der Waals surface area contributed by atoms with Crippen LogP contribution in [0.5, 0.6) is 0 Å². The second-order valence-corrected chi connectivity index (χ2v) is 6.93. The Morgan fingerprint density at radius 1 is 1.57 bits per heavy atom. The first-order chi connectivity index (χ1) is 9.76. The van der Waals surface area contributed by atoms with Crippen LogP contribution in [0.4, 0.5) is 23.7 Å². The smallest absolute Gasteiger partial charge is 0.336 e. The average Bonchev–Trinajstić information content (AvgIpc) is 2.95. The van der Waals surface area contributed by atoms with E-state index in [1.807, 2.05) is 11.8 Å². The SMILES string of the molecule is C[C@@]1(CNC(=O)Nc2cnn(CC(F)(F)F)c2)CCCS1. The van der Waals surface area contributed by atoms with Gasteiger partial charge in [0, 0.05) is 17.5 Å². The van der Waals surface area contributed by atoms with Gasteiger partial charge in [0.05, 0.1) is 11.9 Å². The lowest BCUT2D eigenvalue weighted by Crippen LogP contribution is -2.39. The highest BCUT2D eigenvalue weighted by Gasteiger charge is 2.30. The molecular weight excluding hydrogens is 305 g/mol. The van der Waals surface area contributed by atoms with Crippen LogP contribution in [0.3, 0.4) is 0 Å². The molecule has 0 aliphatic carbocycles. The number of hydrogen-bond donors (Lipinski definition) is 2. The molecular formula is C12H17F3N4OS. The van der Waals surface area contributed by atoms with Crippen LogP contribution in [-0.4, -0.2) is 39.0 Å². The van der Waals surface area contributed by atoms with Crippen molar-refractivity contribution in [1.29, 1.82) is 0 Å². The van der Waals surface area contributed by atoms with E-state index in [9.17, 15) is 18.0 Å². The maximum absolute atomic E-state index is 12.2. The third-order valence-electron chi connectivity index (χ3n) is 3.16. The minimum Gasteiger partial charge on any atom is -0.336 e. The van der Waals surface area contributed by atoms with Crippen LogP contribution in [0.2, 0.25) is 0 Å². The third-order valence-corrected chi connectivity index (χ3v) is 4.69. The van der Waals surface area contributed by atoms with Gasteiger partial charge >= 0.3 is 12.2 Å². The largest absolute Gasteiger partial charge is 0.408 e. The fourth-order valence-corrected chi connectivity index (χ4v) is 3.36. The molecule has 2 N–H and O–H groups in total. The van der Waals surface area contributed by atoms with E-state index in [-0.39, 0.29) is 10.4 Å². The van der Waals surface area contributed by atoms with Crippen molar-refractivity contribution in [2.24, 2.45) is 0 Å². The lowest BCUT2D eigenvalue weighted by molar-refractivity contribution is -0.142. The number of carbonyl (C=O) groups excluding carboxylic acids is 1. The monoisotopic (exact) mass is 322 g/mol. The fraction of sp³-hybridized carbons (Fsp3) is 0.667. The van der Waals surface area contributed by atoms with Gasteiger partial charge < -0.3 is 10.6 Å². The molecule has 1 saturated heterocycles. The van der Waals surface area contributed by atoms with Crippen molar-refractivity contribution in [3.8, 4) is 0 Å². The number of nitrogens with one attached hydrogen (secondary N) is 2. The Morgan fingerprint density at radius 2 is 2.33 bits per heavy atom. The Labute approximate surface area is 124 Å². The molecule has 0 radical (unpaired) electrons. The number of carbonyl (C=O) groups is 1. The van der Waals surface area contributed by atoms with E-state index in [0.717, 1.165) is 29.5 Å². The molecule has 118 valence electrons. The van der Waals surface area contributed by atoms with E-state index >= 15 is 0 Å². The first kappa shape index (κ1) is 16.0. The molecule has 1 aromatic rings. The normalized spacial score (nSPS) is 22.3. The van der Waals surface area contributed by atoms with Crippen molar-refractivity contribution in [2.45, 2.75) is 37.2 Å². The predicted molar refractivity (Wildman–Crippen MR) is 75.4 cm³/mol. The molecule has 5 nitrogen and oxygen atoms in total. The lowest BCUT2D eigenvalue weighted by Gasteiger charge is -2.22. The van der Waals surface area contributed by atoms with Crippen molar-refractivity contribution < 1.29 is 18.0 Å². The van der Waals surface area contributed by atoms with Crippen LogP contribution in [0.15, 0.2) is 12.4 Å². The quantitative estimate of drug-likeness (QED) is 0.896. The molecule has 9 heteroatoms. The molecule has 21 heavy (non-hydrogen) atoms. The summed E-state index contributed by atoms with van der Waals surface area (Å²) >= 11 is 1.82. The van der Waals surface area contributed by atoms with E-state index in [2.05, 4.69) is 22.7 Å². The van der Waals surface area contributed by atoms with Gasteiger partial charge in [-0.05, 0) is 25.5 Å². The second kappa shape index (κ2) is 6.17. The summed E-state index contributed by atoms with van der Waals surface area (Å²) in [5.41, 5.74) is 0.237.